The molecule has 0 atom stereocenters. The van der Waals surface area contributed by atoms with Crippen molar-refractivity contribution in [3.05, 3.63) is 77.4 Å². The molecule has 1 N–H and O–H groups in total. The number of ether oxygens (including phenoxy) is 1. The van der Waals surface area contributed by atoms with Gasteiger partial charge in [-0.05, 0) is 42.0 Å². The summed E-state index contributed by atoms with van der Waals surface area (Å²) in [6, 6.07) is 9.00. The lowest BCUT2D eigenvalue weighted by molar-refractivity contribution is 0.0602. The lowest BCUT2D eigenvalue weighted by atomic mass is 10.0. The van der Waals surface area contributed by atoms with E-state index < -0.39 is 29.2 Å². The Kier molecular flexibility index (Phi) is 4.54. The number of carbonyl (C=O) groups is 1. The molecule has 8 heteroatoms. The molecule has 0 aliphatic rings. The number of aromatic nitrogens is 2. The maximum absolute atomic E-state index is 14.7. The molecule has 0 aliphatic carbocycles. The van der Waals surface area contributed by atoms with Gasteiger partial charge in [0.05, 0.1) is 23.8 Å². The highest BCUT2D eigenvalue weighted by molar-refractivity contribution is 6.02. The number of carbonyl (C=O) groups excluding carboxylic acids is 1. The topological polar surface area (TPSA) is 55.0 Å². The molecule has 4 aromatic rings. The number of esters is 1. The largest absolute Gasteiger partial charge is 0.465 e. The predicted octanol–water partition coefficient (Wildman–Crippen LogP) is 5.24. The van der Waals surface area contributed by atoms with Gasteiger partial charge in [-0.15, -0.1) is 0 Å². The normalized spacial score (nSPS) is 11.1. The molecule has 0 fully saturated rings. The van der Waals surface area contributed by atoms with Crippen molar-refractivity contribution in [2.45, 2.75) is 0 Å². The second kappa shape index (κ2) is 7.05. The van der Waals surface area contributed by atoms with Crippen LogP contribution in [0, 0.1) is 23.3 Å². The van der Waals surface area contributed by atoms with E-state index in [1.165, 1.54) is 18.2 Å². The van der Waals surface area contributed by atoms with E-state index in [9.17, 15) is 22.4 Å². The third-order valence-electron chi connectivity index (χ3n) is 4.42. The van der Waals surface area contributed by atoms with Gasteiger partial charge < -0.3 is 9.72 Å². The Balaban J connectivity index is 1.81. The summed E-state index contributed by atoms with van der Waals surface area (Å²) in [4.78, 5) is 18.8. The molecule has 1 heterocycles. The van der Waals surface area contributed by atoms with Crippen molar-refractivity contribution in [3.8, 4) is 22.5 Å². The third-order valence-corrected chi connectivity index (χ3v) is 4.42. The summed E-state index contributed by atoms with van der Waals surface area (Å²) in [5, 5.41) is 0. The zero-order chi connectivity index (χ0) is 20.7. The fraction of sp³-hybridized carbons (Fsp3) is 0.0476. The average Bonchev–Trinajstić information content (AvgIpc) is 3.10. The molecule has 0 aliphatic heterocycles. The second-order valence-electron chi connectivity index (χ2n) is 6.25. The van der Waals surface area contributed by atoms with Crippen LogP contribution in [0.1, 0.15) is 10.4 Å². The molecule has 146 valence electrons. The van der Waals surface area contributed by atoms with E-state index in [-0.39, 0.29) is 39.1 Å². The Bertz CT molecular complexity index is 1270. The van der Waals surface area contributed by atoms with E-state index in [2.05, 4.69) is 14.7 Å². The minimum atomic E-state index is -0.820. The number of hydrogen-bond acceptors (Lipinski definition) is 3. The van der Waals surface area contributed by atoms with Gasteiger partial charge in [0.1, 0.15) is 34.6 Å². The standard InChI is InChI=1S/C21H12F4N2O2/c1-29-21(28)15-7-12(23)9-18-19(15)27-20(26-18)14-4-2-10(6-16(14)24)13-5-3-11(22)8-17(13)25/h2-9H,1H3,(H,26,27). The molecule has 0 saturated heterocycles. The lowest BCUT2D eigenvalue weighted by Gasteiger charge is -2.06. The Morgan fingerprint density at radius 2 is 1.62 bits per heavy atom. The molecular weight excluding hydrogens is 388 g/mol. The number of halogens is 4. The van der Waals surface area contributed by atoms with Crippen molar-refractivity contribution >= 4 is 17.0 Å². The van der Waals surface area contributed by atoms with Crippen molar-refractivity contribution in [1.29, 1.82) is 0 Å². The SMILES string of the molecule is COC(=O)c1cc(F)cc2[nH]c(-c3ccc(-c4ccc(F)cc4F)cc3F)nc12. The summed E-state index contributed by atoms with van der Waals surface area (Å²) < 4.78 is 60.2. The van der Waals surface area contributed by atoms with Gasteiger partial charge in [-0.25, -0.2) is 27.3 Å². The number of imidazole rings is 1. The number of H-pyrrole nitrogens is 1. The first-order valence-electron chi connectivity index (χ1n) is 8.40. The maximum atomic E-state index is 14.7. The van der Waals surface area contributed by atoms with E-state index in [0.717, 1.165) is 31.4 Å². The minimum Gasteiger partial charge on any atom is -0.465 e. The van der Waals surface area contributed by atoms with Crippen molar-refractivity contribution < 1.29 is 27.1 Å². The summed E-state index contributed by atoms with van der Waals surface area (Å²) in [6.45, 7) is 0. The van der Waals surface area contributed by atoms with E-state index in [1.807, 2.05) is 0 Å². The van der Waals surface area contributed by atoms with Crippen LogP contribution >= 0.6 is 0 Å². The molecule has 4 nitrogen and oxygen atoms in total. The highest BCUT2D eigenvalue weighted by atomic mass is 19.1. The predicted molar refractivity (Wildman–Crippen MR) is 98.1 cm³/mol. The Hall–Kier alpha value is -3.68. The number of aromatic amines is 1. The zero-order valence-corrected chi connectivity index (χ0v) is 14.9. The van der Waals surface area contributed by atoms with Crippen LogP contribution in [0.5, 0.6) is 0 Å². The zero-order valence-electron chi connectivity index (χ0n) is 14.9. The summed E-state index contributed by atoms with van der Waals surface area (Å²) in [5.41, 5.74) is 0.492. The van der Waals surface area contributed by atoms with Crippen LogP contribution in [0.4, 0.5) is 17.6 Å². The van der Waals surface area contributed by atoms with Crippen LogP contribution in [-0.2, 0) is 4.74 Å². The Labute approximate surface area is 161 Å². The van der Waals surface area contributed by atoms with Gasteiger partial charge >= 0.3 is 5.97 Å². The molecule has 29 heavy (non-hydrogen) atoms. The number of fused-ring (bicyclic) bond motifs is 1. The van der Waals surface area contributed by atoms with Crippen LogP contribution in [0.15, 0.2) is 48.5 Å². The van der Waals surface area contributed by atoms with Crippen LogP contribution < -0.4 is 0 Å². The molecule has 0 amide bonds. The van der Waals surface area contributed by atoms with E-state index in [1.54, 1.807) is 0 Å². The fourth-order valence-corrected chi connectivity index (χ4v) is 3.07. The number of nitrogens with zero attached hydrogens (tertiary/aromatic N) is 1. The maximum Gasteiger partial charge on any atom is 0.340 e. The highest BCUT2D eigenvalue weighted by Crippen LogP contribution is 2.30. The van der Waals surface area contributed by atoms with Crippen LogP contribution in [-0.4, -0.2) is 23.0 Å². The molecule has 0 bridgehead atoms. The monoisotopic (exact) mass is 400 g/mol. The van der Waals surface area contributed by atoms with Gasteiger partial charge in [0, 0.05) is 11.6 Å². The Morgan fingerprint density at radius 3 is 2.31 bits per heavy atom. The lowest BCUT2D eigenvalue weighted by Crippen LogP contribution is -2.02. The number of methoxy groups -OCH3 is 1. The average molecular weight is 400 g/mol. The molecule has 1 aromatic heterocycles. The highest BCUT2D eigenvalue weighted by Gasteiger charge is 2.19. The molecule has 4 rings (SSSR count). The molecule has 0 unspecified atom stereocenters. The summed E-state index contributed by atoms with van der Waals surface area (Å²) in [6.07, 6.45) is 0. The number of nitrogens with one attached hydrogen (secondary N) is 1. The Morgan fingerprint density at radius 1 is 0.897 bits per heavy atom. The number of benzene rings is 3. The summed E-state index contributed by atoms with van der Waals surface area (Å²) >= 11 is 0. The molecular formula is C21H12F4N2O2. The minimum absolute atomic E-state index is 0.0312. The first-order chi connectivity index (χ1) is 13.9. The van der Waals surface area contributed by atoms with Crippen LogP contribution in [0.25, 0.3) is 33.5 Å². The molecule has 0 spiro atoms. The van der Waals surface area contributed by atoms with Gasteiger partial charge in [-0.2, -0.15) is 0 Å². The third kappa shape index (κ3) is 3.33. The number of hydrogen-bond donors (Lipinski definition) is 1. The molecule has 0 radical (unpaired) electrons. The first kappa shape index (κ1) is 18.7. The summed E-state index contributed by atoms with van der Waals surface area (Å²) in [7, 11) is 1.15. The van der Waals surface area contributed by atoms with Crippen LogP contribution in [0.2, 0.25) is 0 Å². The van der Waals surface area contributed by atoms with Crippen molar-refractivity contribution in [2.24, 2.45) is 0 Å². The van der Waals surface area contributed by atoms with E-state index >= 15 is 0 Å². The van der Waals surface area contributed by atoms with Gasteiger partial charge in [0.2, 0.25) is 0 Å². The molecule has 0 saturated carbocycles. The van der Waals surface area contributed by atoms with Crippen LogP contribution in [0.3, 0.4) is 0 Å². The van der Waals surface area contributed by atoms with Crippen molar-refractivity contribution in [2.75, 3.05) is 7.11 Å². The van der Waals surface area contributed by atoms with E-state index in [4.69, 9.17) is 0 Å². The van der Waals surface area contributed by atoms with Crippen molar-refractivity contribution in [3.63, 3.8) is 0 Å². The quantitative estimate of drug-likeness (QED) is 0.378. The first-order valence-corrected chi connectivity index (χ1v) is 8.40. The van der Waals surface area contributed by atoms with Gasteiger partial charge in [0.25, 0.3) is 0 Å². The van der Waals surface area contributed by atoms with Crippen molar-refractivity contribution in [1.82, 2.24) is 9.97 Å². The van der Waals surface area contributed by atoms with Gasteiger partial charge in [0.15, 0.2) is 0 Å². The second-order valence-corrected chi connectivity index (χ2v) is 6.25. The summed E-state index contributed by atoms with van der Waals surface area (Å²) in [5.74, 6) is -3.70. The van der Waals surface area contributed by atoms with Gasteiger partial charge in [-0.3, -0.25) is 0 Å². The number of rotatable bonds is 3. The smallest absolute Gasteiger partial charge is 0.340 e. The fourth-order valence-electron chi connectivity index (χ4n) is 3.07. The van der Waals surface area contributed by atoms with Gasteiger partial charge in [-0.1, -0.05) is 6.07 Å². The molecule has 3 aromatic carbocycles. The van der Waals surface area contributed by atoms with E-state index in [0.29, 0.717) is 6.07 Å².